The van der Waals surface area contributed by atoms with Gasteiger partial charge in [-0.25, -0.2) is 0 Å². The number of allylic oxidation sites excluding steroid dienone is 3. The van der Waals surface area contributed by atoms with Gasteiger partial charge in [0.05, 0.1) is 22.1 Å². The van der Waals surface area contributed by atoms with E-state index in [1.807, 2.05) is 0 Å². The van der Waals surface area contributed by atoms with Gasteiger partial charge in [-0.05, 0) is 43.7 Å². The van der Waals surface area contributed by atoms with E-state index in [0.717, 1.165) is 0 Å². The topological polar surface area (TPSA) is 87.2 Å². The van der Waals surface area contributed by atoms with Gasteiger partial charge in [0.2, 0.25) is 11.7 Å². The predicted molar refractivity (Wildman–Crippen MR) is 88.2 cm³/mol. The highest BCUT2D eigenvalue weighted by molar-refractivity contribution is 6.33. The van der Waals surface area contributed by atoms with E-state index < -0.39 is 0 Å². The minimum atomic E-state index is -0.343. The van der Waals surface area contributed by atoms with E-state index in [9.17, 15) is 9.59 Å². The summed E-state index contributed by atoms with van der Waals surface area (Å²) < 4.78 is 0. The summed E-state index contributed by atoms with van der Waals surface area (Å²) in [6.45, 7) is 4.70. The zero-order valence-corrected chi connectivity index (χ0v) is 13.3. The van der Waals surface area contributed by atoms with Crippen molar-refractivity contribution < 1.29 is 9.59 Å². The molecule has 1 amide bonds. The highest BCUT2D eigenvalue weighted by Gasteiger charge is 2.29. The molecule has 6 heteroatoms. The SMILES string of the molecule is CC(=O)N(C1=C(C)C(=N)C(C)=CC1=O)c1ccc(N)c(Cl)c1. The first-order valence-corrected chi connectivity index (χ1v) is 7.00. The number of carbonyl (C=O) groups excluding carboxylic acids is 2. The van der Waals surface area contributed by atoms with Gasteiger partial charge in [0, 0.05) is 12.5 Å². The van der Waals surface area contributed by atoms with Crippen molar-refractivity contribution in [1.82, 2.24) is 0 Å². The molecule has 1 aromatic rings. The van der Waals surface area contributed by atoms with Gasteiger partial charge in [0.25, 0.3) is 0 Å². The Labute approximate surface area is 133 Å². The molecule has 1 aliphatic rings. The van der Waals surface area contributed by atoms with Crippen LogP contribution in [0.1, 0.15) is 20.8 Å². The lowest BCUT2D eigenvalue weighted by atomic mass is 9.93. The van der Waals surface area contributed by atoms with Crippen LogP contribution in [0, 0.1) is 5.41 Å². The molecule has 3 N–H and O–H groups in total. The van der Waals surface area contributed by atoms with Gasteiger partial charge in [-0.15, -0.1) is 0 Å². The van der Waals surface area contributed by atoms with Crippen LogP contribution in [-0.4, -0.2) is 17.4 Å². The summed E-state index contributed by atoms with van der Waals surface area (Å²) in [6, 6.07) is 4.72. The van der Waals surface area contributed by atoms with Crippen molar-refractivity contribution in [3.05, 3.63) is 46.1 Å². The predicted octanol–water partition coefficient (Wildman–Crippen LogP) is 3.10. The summed E-state index contributed by atoms with van der Waals surface area (Å²) in [6.07, 6.45) is 1.36. The van der Waals surface area contributed by atoms with Gasteiger partial charge >= 0.3 is 0 Å². The molecular formula is C16H16ClN3O2. The van der Waals surface area contributed by atoms with E-state index in [1.54, 1.807) is 26.0 Å². The molecule has 0 unspecified atom stereocenters. The van der Waals surface area contributed by atoms with Crippen molar-refractivity contribution in [1.29, 1.82) is 5.41 Å². The minimum absolute atomic E-state index is 0.170. The molecule has 0 bridgehead atoms. The summed E-state index contributed by atoms with van der Waals surface area (Å²) in [5.41, 5.74) is 7.94. The second-order valence-electron chi connectivity index (χ2n) is 5.10. The van der Waals surface area contributed by atoms with Crippen LogP contribution in [0.2, 0.25) is 5.02 Å². The molecule has 0 saturated heterocycles. The number of benzene rings is 1. The van der Waals surface area contributed by atoms with Gasteiger partial charge in [-0.2, -0.15) is 0 Å². The number of nitrogens with two attached hydrogens (primary N) is 1. The van der Waals surface area contributed by atoms with Gasteiger partial charge in [-0.1, -0.05) is 11.6 Å². The van der Waals surface area contributed by atoms with Crippen molar-refractivity contribution in [2.24, 2.45) is 0 Å². The number of ketones is 1. The molecule has 2 rings (SSSR count). The number of rotatable bonds is 2. The molecule has 0 fully saturated rings. The first-order valence-electron chi connectivity index (χ1n) is 6.62. The summed E-state index contributed by atoms with van der Waals surface area (Å²) in [4.78, 5) is 25.7. The average Bonchev–Trinajstić information content (AvgIpc) is 2.44. The van der Waals surface area contributed by atoms with Crippen LogP contribution in [0.4, 0.5) is 11.4 Å². The molecule has 5 nitrogen and oxygen atoms in total. The average molecular weight is 318 g/mol. The van der Waals surface area contributed by atoms with Crippen LogP contribution >= 0.6 is 11.6 Å². The van der Waals surface area contributed by atoms with E-state index in [2.05, 4.69) is 0 Å². The van der Waals surface area contributed by atoms with E-state index in [1.165, 1.54) is 24.0 Å². The molecule has 0 aromatic heterocycles. The van der Waals surface area contributed by atoms with Gasteiger partial charge < -0.3 is 11.1 Å². The molecular weight excluding hydrogens is 302 g/mol. The number of hydrogen-bond donors (Lipinski definition) is 2. The van der Waals surface area contributed by atoms with Crippen LogP contribution in [-0.2, 0) is 9.59 Å². The molecule has 0 atom stereocenters. The van der Waals surface area contributed by atoms with Crippen molar-refractivity contribution >= 4 is 40.4 Å². The molecule has 22 heavy (non-hydrogen) atoms. The van der Waals surface area contributed by atoms with Crippen molar-refractivity contribution in [2.75, 3.05) is 10.6 Å². The maximum absolute atomic E-state index is 12.3. The smallest absolute Gasteiger partial charge is 0.228 e. The first-order chi connectivity index (χ1) is 10.2. The lowest BCUT2D eigenvalue weighted by Crippen LogP contribution is -2.35. The fourth-order valence-corrected chi connectivity index (χ4v) is 2.51. The molecule has 0 spiro atoms. The van der Waals surface area contributed by atoms with Crippen LogP contribution in [0.5, 0.6) is 0 Å². The number of nitrogens with zero attached hydrogens (tertiary/aromatic N) is 1. The molecule has 0 heterocycles. The second kappa shape index (κ2) is 5.77. The number of amides is 1. The van der Waals surface area contributed by atoms with Crippen LogP contribution < -0.4 is 10.6 Å². The molecule has 1 aliphatic carbocycles. The normalized spacial score (nSPS) is 15.0. The second-order valence-corrected chi connectivity index (χ2v) is 5.51. The first kappa shape index (κ1) is 16.0. The third kappa shape index (κ3) is 2.67. The number of carbonyl (C=O) groups is 2. The molecule has 0 radical (unpaired) electrons. The van der Waals surface area contributed by atoms with E-state index in [-0.39, 0.29) is 23.1 Å². The number of nitrogen functional groups attached to an aromatic ring is 1. The van der Waals surface area contributed by atoms with Crippen LogP contribution in [0.25, 0.3) is 0 Å². The fourth-order valence-electron chi connectivity index (χ4n) is 2.34. The quantitative estimate of drug-likeness (QED) is 0.649. The lowest BCUT2D eigenvalue weighted by Gasteiger charge is -2.27. The Bertz CT molecular complexity index is 763. The fraction of sp³-hybridized carbons (Fsp3) is 0.188. The van der Waals surface area contributed by atoms with Gasteiger partial charge in [-0.3, -0.25) is 14.5 Å². The van der Waals surface area contributed by atoms with Gasteiger partial charge in [0.15, 0.2) is 0 Å². The zero-order valence-electron chi connectivity index (χ0n) is 12.5. The summed E-state index contributed by atoms with van der Waals surface area (Å²) in [5.74, 6) is -0.654. The Hall–Kier alpha value is -2.40. The minimum Gasteiger partial charge on any atom is -0.398 e. The van der Waals surface area contributed by atoms with Crippen molar-refractivity contribution in [3.63, 3.8) is 0 Å². The number of anilines is 2. The number of nitrogens with one attached hydrogen (secondary N) is 1. The maximum Gasteiger partial charge on any atom is 0.228 e. The number of halogens is 1. The molecule has 114 valence electrons. The van der Waals surface area contributed by atoms with Gasteiger partial charge in [0.1, 0.15) is 5.70 Å². The Morgan fingerprint density at radius 2 is 1.95 bits per heavy atom. The Balaban J connectivity index is 2.62. The lowest BCUT2D eigenvalue weighted by molar-refractivity contribution is -0.118. The summed E-state index contributed by atoms with van der Waals surface area (Å²) in [7, 11) is 0. The molecule has 0 saturated carbocycles. The molecule has 1 aromatic carbocycles. The summed E-state index contributed by atoms with van der Waals surface area (Å²) in [5, 5.41) is 8.33. The van der Waals surface area contributed by atoms with Crippen LogP contribution in [0.15, 0.2) is 41.1 Å². The zero-order chi connectivity index (χ0) is 16.6. The monoisotopic (exact) mass is 317 g/mol. The highest BCUT2D eigenvalue weighted by atomic mass is 35.5. The van der Waals surface area contributed by atoms with E-state index in [0.29, 0.717) is 27.5 Å². The van der Waals surface area contributed by atoms with E-state index in [4.69, 9.17) is 22.7 Å². The molecule has 0 aliphatic heterocycles. The third-order valence-electron chi connectivity index (χ3n) is 3.49. The standard InChI is InChI=1S/C16H16ClN3O2/c1-8-6-14(22)16(9(2)15(8)19)20(10(3)21)11-4-5-13(18)12(17)7-11/h4-7,19H,18H2,1-3H3. The Kier molecular flexibility index (Phi) is 4.19. The van der Waals surface area contributed by atoms with Crippen LogP contribution in [0.3, 0.4) is 0 Å². The van der Waals surface area contributed by atoms with Crippen molar-refractivity contribution in [3.8, 4) is 0 Å². The highest BCUT2D eigenvalue weighted by Crippen LogP contribution is 2.31. The maximum atomic E-state index is 12.3. The third-order valence-corrected chi connectivity index (χ3v) is 3.81. The largest absolute Gasteiger partial charge is 0.398 e. The Morgan fingerprint density at radius 1 is 1.32 bits per heavy atom. The van der Waals surface area contributed by atoms with Crippen molar-refractivity contribution in [2.45, 2.75) is 20.8 Å². The van der Waals surface area contributed by atoms with E-state index >= 15 is 0 Å². The number of hydrogen-bond acceptors (Lipinski definition) is 4. The summed E-state index contributed by atoms with van der Waals surface area (Å²) >= 11 is 6.01. The Morgan fingerprint density at radius 3 is 2.50 bits per heavy atom.